The van der Waals surface area contributed by atoms with Crippen LogP contribution in [0.5, 0.6) is 0 Å². The monoisotopic (exact) mass is 245 g/mol. The van der Waals surface area contributed by atoms with Crippen molar-refractivity contribution in [2.45, 2.75) is 31.8 Å². The van der Waals surface area contributed by atoms with Gasteiger partial charge in [-0.05, 0) is 12.2 Å². The van der Waals surface area contributed by atoms with Crippen LogP contribution in [0.2, 0.25) is 0 Å². The van der Waals surface area contributed by atoms with Gasteiger partial charge in [0.1, 0.15) is 5.01 Å². The summed E-state index contributed by atoms with van der Waals surface area (Å²) in [7, 11) is 0. The minimum atomic E-state index is -0.324. The first-order chi connectivity index (χ1) is 7.13. The minimum Gasteiger partial charge on any atom is -0.461 e. The van der Waals surface area contributed by atoms with Crippen LogP contribution in [0, 0.1) is 0 Å². The molecule has 0 N–H and O–H groups in total. The van der Waals surface area contributed by atoms with Crippen LogP contribution in [-0.4, -0.2) is 22.8 Å². The van der Waals surface area contributed by atoms with Crippen molar-refractivity contribution < 1.29 is 9.53 Å². The molecular formula is C10H15NO2S2. The summed E-state index contributed by atoms with van der Waals surface area (Å²) >= 11 is 3.33. The van der Waals surface area contributed by atoms with E-state index in [0.717, 1.165) is 10.8 Å². The van der Waals surface area contributed by atoms with Crippen LogP contribution in [0.15, 0.2) is 5.38 Å². The first-order valence-corrected chi connectivity index (χ1v) is 6.79. The van der Waals surface area contributed by atoms with E-state index < -0.39 is 0 Å². The Hall–Kier alpha value is -0.550. The highest BCUT2D eigenvalue weighted by molar-refractivity contribution is 7.99. The van der Waals surface area contributed by atoms with Crippen molar-refractivity contribution in [2.75, 3.05) is 6.61 Å². The second-order valence-electron chi connectivity index (χ2n) is 3.21. The number of thiazole rings is 1. The van der Waals surface area contributed by atoms with E-state index in [-0.39, 0.29) is 5.97 Å². The fraction of sp³-hybridized carbons (Fsp3) is 0.600. The molecule has 5 heteroatoms. The Morgan fingerprint density at radius 2 is 2.40 bits per heavy atom. The van der Waals surface area contributed by atoms with Crippen molar-refractivity contribution in [3.05, 3.63) is 16.1 Å². The van der Waals surface area contributed by atoms with E-state index in [0.29, 0.717) is 17.6 Å². The molecule has 1 heterocycles. The van der Waals surface area contributed by atoms with Crippen LogP contribution in [0.25, 0.3) is 0 Å². The predicted octanol–water partition coefficient (Wildman–Crippen LogP) is 2.96. The molecular weight excluding hydrogens is 230 g/mol. The molecule has 0 bridgehead atoms. The maximum atomic E-state index is 11.3. The number of rotatable bonds is 5. The number of hydrogen-bond donors (Lipinski definition) is 0. The molecule has 0 atom stereocenters. The van der Waals surface area contributed by atoms with E-state index in [9.17, 15) is 4.79 Å². The zero-order valence-corrected chi connectivity index (χ0v) is 10.8. The van der Waals surface area contributed by atoms with Gasteiger partial charge in [-0.2, -0.15) is 11.8 Å². The van der Waals surface area contributed by atoms with Crippen LogP contribution in [0.3, 0.4) is 0 Å². The third kappa shape index (κ3) is 4.22. The van der Waals surface area contributed by atoms with Gasteiger partial charge in [0.25, 0.3) is 0 Å². The normalized spacial score (nSPS) is 10.7. The summed E-state index contributed by atoms with van der Waals surface area (Å²) in [5.41, 5.74) is 0.432. The highest BCUT2D eigenvalue weighted by Gasteiger charge is 2.11. The average Bonchev–Trinajstić information content (AvgIpc) is 2.63. The SMILES string of the molecule is CCOC(=O)c1csc(CSC(C)C)n1. The first-order valence-electron chi connectivity index (χ1n) is 4.86. The Bertz CT molecular complexity index is 323. The number of esters is 1. The van der Waals surface area contributed by atoms with Crippen molar-refractivity contribution in [3.63, 3.8) is 0 Å². The molecule has 0 radical (unpaired) electrons. The van der Waals surface area contributed by atoms with Crippen LogP contribution >= 0.6 is 23.1 Å². The van der Waals surface area contributed by atoms with Gasteiger partial charge >= 0.3 is 5.97 Å². The maximum Gasteiger partial charge on any atom is 0.357 e. The Balaban J connectivity index is 2.52. The molecule has 0 aromatic carbocycles. The van der Waals surface area contributed by atoms with Crippen LogP contribution in [-0.2, 0) is 10.5 Å². The summed E-state index contributed by atoms with van der Waals surface area (Å²) in [4.78, 5) is 15.5. The lowest BCUT2D eigenvalue weighted by atomic mass is 10.5. The molecule has 0 unspecified atom stereocenters. The Kier molecular flexibility index (Phi) is 5.11. The summed E-state index contributed by atoms with van der Waals surface area (Å²) in [6.45, 7) is 6.47. The van der Waals surface area contributed by atoms with Gasteiger partial charge in [0.05, 0.1) is 6.61 Å². The highest BCUT2D eigenvalue weighted by Crippen LogP contribution is 2.20. The van der Waals surface area contributed by atoms with Crippen molar-refractivity contribution in [1.82, 2.24) is 4.98 Å². The summed E-state index contributed by atoms with van der Waals surface area (Å²) < 4.78 is 4.87. The number of ether oxygens (including phenoxy) is 1. The van der Waals surface area contributed by atoms with E-state index in [1.54, 1.807) is 12.3 Å². The molecule has 0 aliphatic heterocycles. The molecule has 0 aliphatic rings. The standard InChI is InChI=1S/C10H15NO2S2/c1-4-13-10(12)8-5-15-9(11-8)6-14-7(2)3/h5,7H,4,6H2,1-3H3. The lowest BCUT2D eigenvalue weighted by Crippen LogP contribution is -2.04. The molecule has 3 nitrogen and oxygen atoms in total. The van der Waals surface area contributed by atoms with Crippen molar-refractivity contribution in [3.8, 4) is 0 Å². The molecule has 84 valence electrons. The van der Waals surface area contributed by atoms with Gasteiger partial charge in [-0.1, -0.05) is 13.8 Å². The van der Waals surface area contributed by atoms with Gasteiger partial charge in [-0.3, -0.25) is 0 Å². The lowest BCUT2D eigenvalue weighted by molar-refractivity contribution is 0.0520. The summed E-state index contributed by atoms with van der Waals surface area (Å²) in [6, 6.07) is 0. The van der Waals surface area contributed by atoms with E-state index in [4.69, 9.17) is 4.74 Å². The van der Waals surface area contributed by atoms with Gasteiger partial charge in [-0.25, -0.2) is 9.78 Å². The fourth-order valence-corrected chi connectivity index (χ4v) is 2.48. The second-order valence-corrected chi connectivity index (χ2v) is 5.71. The molecule has 0 aliphatic carbocycles. The van der Waals surface area contributed by atoms with Crippen LogP contribution in [0.1, 0.15) is 36.3 Å². The fourth-order valence-electron chi connectivity index (χ4n) is 0.914. The number of nitrogens with zero attached hydrogens (tertiary/aromatic N) is 1. The molecule has 0 spiro atoms. The van der Waals surface area contributed by atoms with E-state index in [1.165, 1.54) is 11.3 Å². The topological polar surface area (TPSA) is 39.2 Å². The maximum absolute atomic E-state index is 11.3. The highest BCUT2D eigenvalue weighted by atomic mass is 32.2. The van der Waals surface area contributed by atoms with Crippen molar-refractivity contribution >= 4 is 29.1 Å². The third-order valence-corrected chi connectivity index (χ3v) is 3.71. The van der Waals surface area contributed by atoms with Gasteiger partial charge in [-0.15, -0.1) is 11.3 Å². The molecule has 0 fully saturated rings. The van der Waals surface area contributed by atoms with E-state index >= 15 is 0 Å². The molecule has 0 saturated carbocycles. The number of thioether (sulfide) groups is 1. The van der Waals surface area contributed by atoms with Gasteiger partial charge in [0, 0.05) is 11.1 Å². The number of hydrogen-bond acceptors (Lipinski definition) is 5. The van der Waals surface area contributed by atoms with E-state index in [2.05, 4.69) is 18.8 Å². The minimum absolute atomic E-state index is 0.324. The molecule has 15 heavy (non-hydrogen) atoms. The summed E-state index contributed by atoms with van der Waals surface area (Å²) in [5.74, 6) is 0.538. The van der Waals surface area contributed by atoms with Crippen LogP contribution in [0.4, 0.5) is 0 Å². The van der Waals surface area contributed by atoms with Gasteiger partial charge in [0.15, 0.2) is 5.69 Å². The smallest absolute Gasteiger partial charge is 0.357 e. The summed E-state index contributed by atoms with van der Waals surface area (Å²) in [5, 5.41) is 3.32. The number of aromatic nitrogens is 1. The van der Waals surface area contributed by atoms with Gasteiger partial charge in [0.2, 0.25) is 0 Å². The first kappa shape index (κ1) is 12.5. The van der Waals surface area contributed by atoms with Crippen LogP contribution < -0.4 is 0 Å². The average molecular weight is 245 g/mol. The predicted molar refractivity (Wildman–Crippen MR) is 64.5 cm³/mol. The second kappa shape index (κ2) is 6.12. The Morgan fingerprint density at radius 3 is 3.00 bits per heavy atom. The zero-order chi connectivity index (χ0) is 11.3. The molecule has 1 aromatic rings. The lowest BCUT2D eigenvalue weighted by Gasteiger charge is -2.00. The van der Waals surface area contributed by atoms with Crippen molar-refractivity contribution in [2.24, 2.45) is 0 Å². The van der Waals surface area contributed by atoms with E-state index in [1.807, 2.05) is 11.8 Å². The number of carbonyl (C=O) groups excluding carboxylic acids is 1. The largest absolute Gasteiger partial charge is 0.461 e. The number of carbonyl (C=O) groups is 1. The molecule has 0 amide bonds. The molecule has 1 aromatic heterocycles. The zero-order valence-electron chi connectivity index (χ0n) is 9.15. The molecule has 1 rings (SSSR count). The summed E-state index contributed by atoms with van der Waals surface area (Å²) in [6.07, 6.45) is 0. The molecule has 0 saturated heterocycles. The van der Waals surface area contributed by atoms with Crippen molar-refractivity contribution in [1.29, 1.82) is 0 Å². The third-order valence-electron chi connectivity index (χ3n) is 1.58. The Labute approximate surface area is 98.2 Å². The quantitative estimate of drug-likeness (QED) is 0.748. The Morgan fingerprint density at radius 1 is 1.67 bits per heavy atom. The van der Waals surface area contributed by atoms with Gasteiger partial charge < -0.3 is 4.74 Å².